The topological polar surface area (TPSA) is 48.0 Å². The number of aromatic nitrogens is 1. The predicted octanol–water partition coefficient (Wildman–Crippen LogP) is 3.45. The smallest absolute Gasteiger partial charge is 0.265 e. The fourth-order valence-corrected chi connectivity index (χ4v) is 2.72. The molecule has 0 aliphatic rings. The van der Waals surface area contributed by atoms with E-state index in [9.17, 15) is 9.18 Å². The van der Waals surface area contributed by atoms with Gasteiger partial charge in [-0.1, -0.05) is 15.9 Å². The van der Waals surface area contributed by atoms with Crippen molar-refractivity contribution in [1.29, 1.82) is 0 Å². The molecule has 0 fully saturated rings. The Hall–Kier alpha value is -1.14. The summed E-state index contributed by atoms with van der Waals surface area (Å²) < 4.78 is 15.8. The highest BCUT2D eigenvalue weighted by molar-refractivity contribution is 9.10. The Morgan fingerprint density at radius 1 is 1.32 bits per heavy atom. The van der Waals surface area contributed by atoms with Crippen LogP contribution in [0.15, 0.2) is 38.1 Å². The van der Waals surface area contributed by atoms with Crippen LogP contribution in [0.4, 0.5) is 10.1 Å². The lowest BCUT2D eigenvalue weighted by Crippen LogP contribution is -2.22. The van der Waals surface area contributed by atoms with E-state index in [4.69, 9.17) is 5.73 Å². The number of halogens is 3. The zero-order valence-corrected chi connectivity index (χ0v) is 13.3. The number of hydrogen-bond acceptors (Lipinski definition) is 2. The molecule has 2 aromatic rings. The van der Waals surface area contributed by atoms with E-state index in [1.54, 1.807) is 19.2 Å². The van der Waals surface area contributed by atoms with Crippen molar-refractivity contribution in [2.75, 3.05) is 5.73 Å². The zero-order chi connectivity index (χ0) is 14.2. The molecule has 0 bridgehead atoms. The van der Waals surface area contributed by atoms with E-state index < -0.39 is 0 Å². The fraction of sp³-hybridized carbons (Fsp3) is 0.154. The van der Waals surface area contributed by atoms with Gasteiger partial charge in [-0.3, -0.25) is 4.79 Å². The molecule has 0 aliphatic carbocycles. The molecule has 100 valence electrons. The molecule has 0 saturated heterocycles. The number of anilines is 1. The van der Waals surface area contributed by atoms with Gasteiger partial charge in [-0.2, -0.15) is 0 Å². The minimum atomic E-state index is -0.350. The molecule has 0 amide bonds. The van der Waals surface area contributed by atoms with Crippen LogP contribution in [0.2, 0.25) is 0 Å². The average Bonchev–Trinajstić information content (AvgIpc) is 2.32. The third-order valence-corrected chi connectivity index (χ3v) is 4.17. The quantitative estimate of drug-likeness (QED) is 0.854. The van der Waals surface area contributed by atoms with E-state index in [0.717, 1.165) is 0 Å². The van der Waals surface area contributed by atoms with Crippen LogP contribution in [0.1, 0.15) is 11.1 Å². The van der Waals surface area contributed by atoms with Crippen molar-refractivity contribution in [3.05, 3.63) is 60.6 Å². The first-order chi connectivity index (χ1) is 8.88. The normalized spacial score (nSPS) is 10.7. The van der Waals surface area contributed by atoms with Crippen LogP contribution in [0, 0.1) is 12.7 Å². The lowest BCUT2D eigenvalue weighted by molar-refractivity contribution is 0.621. The summed E-state index contributed by atoms with van der Waals surface area (Å²) in [6.07, 6.45) is 1.57. The van der Waals surface area contributed by atoms with Crippen molar-refractivity contribution in [3.63, 3.8) is 0 Å². The second-order valence-electron chi connectivity index (χ2n) is 4.23. The lowest BCUT2D eigenvalue weighted by atomic mass is 10.2. The summed E-state index contributed by atoms with van der Waals surface area (Å²) in [4.78, 5) is 12.1. The molecule has 0 unspecified atom stereocenters. The molecule has 1 aromatic heterocycles. The van der Waals surface area contributed by atoms with Crippen LogP contribution in [-0.4, -0.2) is 4.57 Å². The SMILES string of the molecule is Cc1c(N)cn(Cc2cc(F)cc(Br)c2)c(=O)c1Br. The molecule has 2 rings (SSSR count). The summed E-state index contributed by atoms with van der Waals surface area (Å²) in [6, 6.07) is 4.52. The van der Waals surface area contributed by atoms with Crippen molar-refractivity contribution in [3.8, 4) is 0 Å². The third-order valence-electron chi connectivity index (χ3n) is 2.78. The number of nitrogens with two attached hydrogens (primary N) is 1. The van der Waals surface area contributed by atoms with Crippen LogP contribution in [-0.2, 0) is 6.54 Å². The molecule has 1 aromatic carbocycles. The Morgan fingerprint density at radius 3 is 2.63 bits per heavy atom. The van der Waals surface area contributed by atoms with Gasteiger partial charge in [-0.25, -0.2) is 4.39 Å². The molecule has 0 spiro atoms. The monoisotopic (exact) mass is 388 g/mol. The molecule has 0 aliphatic heterocycles. The summed E-state index contributed by atoms with van der Waals surface area (Å²) in [6.45, 7) is 2.03. The molecule has 19 heavy (non-hydrogen) atoms. The van der Waals surface area contributed by atoms with Crippen LogP contribution in [0.5, 0.6) is 0 Å². The van der Waals surface area contributed by atoms with Gasteiger partial charge >= 0.3 is 0 Å². The predicted molar refractivity (Wildman–Crippen MR) is 80.8 cm³/mol. The Bertz CT molecular complexity index is 678. The van der Waals surface area contributed by atoms with Gasteiger partial charge in [0.15, 0.2) is 0 Å². The summed E-state index contributed by atoms with van der Waals surface area (Å²) >= 11 is 6.45. The van der Waals surface area contributed by atoms with E-state index >= 15 is 0 Å². The van der Waals surface area contributed by atoms with E-state index in [1.807, 2.05) is 0 Å². The van der Waals surface area contributed by atoms with Gasteiger partial charge in [0.05, 0.1) is 16.7 Å². The van der Waals surface area contributed by atoms with Crippen molar-refractivity contribution in [2.45, 2.75) is 13.5 Å². The minimum Gasteiger partial charge on any atom is -0.397 e. The Kier molecular flexibility index (Phi) is 4.10. The highest BCUT2D eigenvalue weighted by Crippen LogP contribution is 2.19. The Morgan fingerprint density at radius 2 is 2.00 bits per heavy atom. The second kappa shape index (κ2) is 5.46. The first-order valence-electron chi connectivity index (χ1n) is 5.48. The van der Waals surface area contributed by atoms with Gasteiger partial charge in [0.2, 0.25) is 0 Å². The highest BCUT2D eigenvalue weighted by atomic mass is 79.9. The summed E-state index contributed by atoms with van der Waals surface area (Å²) in [5.74, 6) is -0.350. The second-order valence-corrected chi connectivity index (χ2v) is 5.94. The summed E-state index contributed by atoms with van der Waals surface area (Å²) in [7, 11) is 0. The molecular formula is C13H11Br2FN2O. The zero-order valence-electron chi connectivity index (χ0n) is 10.1. The number of hydrogen-bond donors (Lipinski definition) is 1. The van der Waals surface area contributed by atoms with E-state index in [2.05, 4.69) is 31.9 Å². The van der Waals surface area contributed by atoms with E-state index in [1.165, 1.54) is 16.7 Å². The maximum absolute atomic E-state index is 13.3. The maximum Gasteiger partial charge on any atom is 0.265 e. The van der Waals surface area contributed by atoms with E-state index in [-0.39, 0.29) is 17.9 Å². The molecular weight excluding hydrogens is 379 g/mol. The first kappa shape index (κ1) is 14.3. The molecule has 0 radical (unpaired) electrons. The number of rotatable bonds is 2. The summed E-state index contributed by atoms with van der Waals surface area (Å²) in [5, 5.41) is 0. The lowest BCUT2D eigenvalue weighted by Gasteiger charge is -2.11. The van der Waals surface area contributed by atoms with Crippen molar-refractivity contribution >= 4 is 37.5 Å². The van der Waals surface area contributed by atoms with Crippen LogP contribution in [0.3, 0.4) is 0 Å². The van der Waals surface area contributed by atoms with Gasteiger partial charge in [0, 0.05) is 10.7 Å². The molecule has 0 saturated carbocycles. The molecule has 6 heteroatoms. The maximum atomic E-state index is 13.3. The summed E-state index contributed by atoms with van der Waals surface area (Å²) in [5.41, 5.74) is 7.55. The van der Waals surface area contributed by atoms with E-state index in [0.29, 0.717) is 25.8 Å². The molecule has 3 nitrogen and oxygen atoms in total. The highest BCUT2D eigenvalue weighted by Gasteiger charge is 2.09. The molecule has 0 atom stereocenters. The van der Waals surface area contributed by atoms with Crippen molar-refractivity contribution < 1.29 is 4.39 Å². The van der Waals surface area contributed by atoms with Gasteiger partial charge in [0.1, 0.15) is 5.82 Å². The van der Waals surface area contributed by atoms with Crippen LogP contribution >= 0.6 is 31.9 Å². The van der Waals surface area contributed by atoms with Gasteiger partial charge in [0.25, 0.3) is 5.56 Å². The fourth-order valence-electron chi connectivity index (χ4n) is 1.75. The third kappa shape index (κ3) is 3.06. The van der Waals surface area contributed by atoms with Crippen molar-refractivity contribution in [2.24, 2.45) is 0 Å². The van der Waals surface area contributed by atoms with Crippen LogP contribution in [0.25, 0.3) is 0 Å². The number of pyridine rings is 1. The van der Waals surface area contributed by atoms with Crippen LogP contribution < -0.4 is 11.3 Å². The molecule has 1 heterocycles. The van der Waals surface area contributed by atoms with Gasteiger partial charge < -0.3 is 10.3 Å². The minimum absolute atomic E-state index is 0.188. The number of nitrogen functional groups attached to an aromatic ring is 1. The van der Waals surface area contributed by atoms with Gasteiger partial charge in [-0.05, 0) is 52.2 Å². The average molecular weight is 390 g/mol. The standard InChI is InChI=1S/C13H11Br2FN2O/c1-7-11(17)6-18(13(19)12(7)15)5-8-2-9(14)4-10(16)3-8/h2-4,6H,5,17H2,1H3. The van der Waals surface area contributed by atoms with Crippen molar-refractivity contribution in [1.82, 2.24) is 4.57 Å². The Labute approximate surface area is 126 Å². The first-order valence-corrected chi connectivity index (χ1v) is 7.07. The number of nitrogens with zero attached hydrogens (tertiary/aromatic N) is 1. The molecule has 2 N–H and O–H groups in total. The van der Waals surface area contributed by atoms with Gasteiger partial charge in [-0.15, -0.1) is 0 Å². The Balaban J connectivity index is 2.47. The largest absolute Gasteiger partial charge is 0.397 e. The number of benzene rings is 1.